The molecule has 0 atom stereocenters. The maximum atomic E-state index is 10.7. The number of imidazole rings is 1. The number of aromatic nitrogens is 5. The van der Waals surface area contributed by atoms with Crippen molar-refractivity contribution >= 4 is 11.3 Å². The van der Waals surface area contributed by atoms with Gasteiger partial charge in [0.2, 0.25) is 0 Å². The molecule has 0 fully saturated rings. The Balaban J connectivity index is 1.69. The molecule has 25 heavy (non-hydrogen) atoms. The second kappa shape index (κ2) is 5.71. The Kier molecular flexibility index (Phi) is 3.38. The van der Waals surface area contributed by atoms with Crippen LogP contribution < -0.4 is 4.74 Å². The summed E-state index contributed by atoms with van der Waals surface area (Å²) in [7, 11) is 1.89. The summed E-state index contributed by atoms with van der Waals surface area (Å²) in [5.74, 6) is 0.736. The van der Waals surface area contributed by atoms with Crippen LogP contribution in [0, 0.1) is 10.1 Å². The van der Waals surface area contributed by atoms with E-state index in [0.717, 1.165) is 16.9 Å². The Hall–Kier alpha value is -3.75. The van der Waals surface area contributed by atoms with Crippen molar-refractivity contribution in [3.05, 3.63) is 65.4 Å². The zero-order chi connectivity index (χ0) is 17.4. The molecule has 0 aliphatic heterocycles. The van der Waals surface area contributed by atoms with E-state index in [2.05, 4.69) is 15.1 Å². The van der Waals surface area contributed by atoms with Crippen molar-refractivity contribution in [3.63, 3.8) is 0 Å². The first-order valence-corrected chi connectivity index (χ1v) is 7.35. The molecule has 9 heteroatoms. The van der Waals surface area contributed by atoms with Gasteiger partial charge in [-0.15, -0.1) is 0 Å². The van der Waals surface area contributed by atoms with Crippen molar-refractivity contribution in [2.45, 2.75) is 0 Å². The quantitative estimate of drug-likeness (QED) is 0.419. The highest BCUT2D eigenvalue weighted by molar-refractivity contribution is 5.68. The lowest BCUT2D eigenvalue weighted by atomic mass is 10.3. The molecular formula is C16H12N6O3. The van der Waals surface area contributed by atoms with E-state index < -0.39 is 4.92 Å². The van der Waals surface area contributed by atoms with Crippen LogP contribution in [0.25, 0.3) is 16.9 Å². The number of ether oxygens (including phenoxy) is 1. The van der Waals surface area contributed by atoms with Crippen LogP contribution in [0.1, 0.15) is 0 Å². The fraction of sp³-hybridized carbons (Fsp3) is 0.0625. The Labute approximate surface area is 141 Å². The fourth-order valence-corrected chi connectivity index (χ4v) is 2.41. The number of pyridine rings is 2. The zero-order valence-electron chi connectivity index (χ0n) is 13.1. The van der Waals surface area contributed by atoms with Gasteiger partial charge >= 0.3 is 5.82 Å². The second-order valence-electron chi connectivity index (χ2n) is 5.37. The summed E-state index contributed by atoms with van der Waals surface area (Å²) in [6, 6.07) is 8.27. The number of fused-ring (bicyclic) bond motifs is 1. The van der Waals surface area contributed by atoms with Crippen molar-refractivity contribution in [1.29, 1.82) is 0 Å². The van der Waals surface area contributed by atoms with E-state index >= 15 is 0 Å². The molecule has 0 unspecified atom stereocenters. The normalized spacial score (nSPS) is 10.9. The molecule has 0 spiro atoms. The molecule has 0 N–H and O–H groups in total. The second-order valence-corrected chi connectivity index (χ2v) is 5.37. The van der Waals surface area contributed by atoms with Crippen LogP contribution >= 0.6 is 0 Å². The van der Waals surface area contributed by atoms with Crippen LogP contribution in [-0.4, -0.2) is 29.1 Å². The van der Waals surface area contributed by atoms with E-state index in [4.69, 9.17) is 4.74 Å². The average Bonchev–Trinajstić information content (AvgIpc) is 3.22. The molecule has 0 radical (unpaired) electrons. The third kappa shape index (κ3) is 2.78. The molecule has 4 rings (SSSR count). The minimum atomic E-state index is -0.555. The smallest absolute Gasteiger partial charge is 0.363 e. The van der Waals surface area contributed by atoms with Gasteiger partial charge in [0.15, 0.2) is 17.7 Å². The summed E-state index contributed by atoms with van der Waals surface area (Å²) in [6.07, 6.45) is 6.71. The van der Waals surface area contributed by atoms with E-state index in [0.29, 0.717) is 11.5 Å². The molecule has 4 aromatic rings. The summed E-state index contributed by atoms with van der Waals surface area (Å²) in [6.45, 7) is 0. The van der Waals surface area contributed by atoms with E-state index in [-0.39, 0.29) is 5.82 Å². The lowest BCUT2D eigenvalue weighted by molar-refractivity contribution is -0.389. The van der Waals surface area contributed by atoms with Gasteiger partial charge in [0.25, 0.3) is 0 Å². The van der Waals surface area contributed by atoms with Gasteiger partial charge in [0.1, 0.15) is 16.9 Å². The number of hydrogen-bond donors (Lipinski definition) is 0. The average molecular weight is 336 g/mol. The Bertz CT molecular complexity index is 1070. The molecule has 124 valence electrons. The molecule has 0 aliphatic rings. The predicted octanol–water partition coefficient (Wildman–Crippen LogP) is 2.83. The number of aryl methyl sites for hydroxylation is 1. The Morgan fingerprint density at radius 2 is 2.08 bits per heavy atom. The van der Waals surface area contributed by atoms with Crippen molar-refractivity contribution in [2.75, 3.05) is 0 Å². The molecule has 0 amide bonds. The fourth-order valence-electron chi connectivity index (χ4n) is 2.41. The van der Waals surface area contributed by atoms with E-state index in [1.54, 1.807) is 23.0 Å². The van der Waals surface area contributed by atoms with Crippen LogP contribution in [0.5, 0.6) is 11.5 Å². The molecule has 9 nitrogen and oxygen atoms in total. The highest BCUT2D eigenvalue weighted by Crippen LogP contribution is 2.29. The minimum absolute atomic E-state index is 0.229. The standard InChI is InChI=1S/C16H12N6O3/c1-20-9-13(18-10-20)12-7-14-15(3-2-6-21(14)19-12)25-11-4-5-16(17-8-11)22(23)24/h2-10H,1H3. The first-order valence-electron chi connectivity index (χ1n) is 7.35. The molecule has 0 aromatic carbocycles. The highest BCUT2D eigenvalue weighted by Gasteiger charge is 2.13. The molecule has 0 aliphatic carbocycles. The van der Waals surface area contributed by atoms with Gasteiger partial charge in [-0.25, -0.2) is 9.50 Å². The van der Waals surface area contributed by atoms with E-state index in [1.165, 1.54) is 18.3 Å². The zero-order valence-corrected chi connectivity index (χ0v) is 13.1. The Morgan fingerprint density at radius 1 is 1.20 bits per heavy atom. The lowest BCUT2D eigenvalue weighted by Gasteiger charge is -2.05. The highest BCUT2D eigenvalue weighted by atomic mass is 16.6. The van der Waals surface area contributed by atoms with Crippen molar-refractivity contribution in [2.24, 2.45) is 7.05 Å². The summed E-state index contributed by atoms with van der Waals surface area (Å²) in [5, 5.41) is 15.2. The predicted molar refractivity (Wildman–Crippen MR) is 88.4 cm³/mol. The third-order valence-corrected chi connectivity index (χ3v) is 3.57. The van der Waals surface area contributed by atoms with Gasteiger partial charge in [-0.2, -0.15) is 5.10 Å². The van der Waals surface area contributed by atoms with Gasteiger partial charge in [0.05, 0.1) is 6.33 Å². The van der Waals surface area contributed by atoms with Crippen molar-refractivity contribution in [3.8, 4) is 22.9 Å². The van der Waals surface area contributed by atoms with Crippen LogP contribution in [0.15, 0.2) is 55.2 Å². The molecular weight excluding hydrogens is 324 g/mol. The number of hydrogen-bond acceptors (Lipinski definition) is 6. The SMILES string of the molecule is Cn1cnc(-c2cc3c(Oc4ccc([N+](=O)[O-])nc4)cccn3n2)c1. The molecule has 0 saturated heterocycles. The Morgan fingerprint density at radius 3 is 2.76 bits per heavy atom. The van der Waals surface area contributed by atoms with Crippen LogP contribution in [-0.2, 0) is 7.05 Å². The van der Waals surface area contributed by atoms with Gasteiger partial charge in [-0.3, -0.25) is 0 Å². The van der Waals surface area contributed by atoms with Crippen molar-refractivity contribution in [1.82, 2.24) is 24.1 Å². The molecule has 0 saturated carbocycles. The summed E-state index contributed by atoms with van der Waals surface area (Å²) in [5.41, 5.74) is 2.23. The first-order chi connectivity index (χ1) is 12.1. The molecule has 0 bridgehead atoms. The number of nitro groups is 1. The lowest BCUT2D eigenvalue weighted by Crippen LogP contribution is -1.93. The number of rotatable bonds is 4. The van der Waals surface area contributed by atoms with E-state index in [1.807, 2.05) is 30.1 Å². The van der Waals surface area contributed by atoms with Gasteiger partial charge in [-0.1, -0.05) is 0 Å². The monoisotopic (exact) mass is 336 g/mol. The summed E-state index contributed by atoms with van der Waals surface area (Å²) >= 11 is 0. The summed E-state index contributed by atoms with van der Waals surface area (Å²) in [4.78, 5) is 18.2. The maximum Gasteiger partial charge on any atom is 0.363 e. The van der Waals surface area contributed by atoms with Gasteiger partial charge in [-0.05, 0) is 34.2 Å². The van der Waals surface area contributed by atoms with Crippen LogP contribution in [0.2, 0.25) is 0 Å². The first kappa shape index (κ1) is 14.8. The van der Waals surface area contributed by atoms with Gasteiger partial charge < -0.3 is 19.4 Å². The minimum Gasteiger partial charge on any atom is -0.451 e. The van der Waals surface area contributed by atoms with Crippen LogP contribution in [0.4, 0.5) is 5.82 Å². The van der Waals surface area contributed by atoms with Crippen molar-refractivity contribution < 1.29 is 9.66 Å². The largest absolute Gasteiger partial charge is 0.451 e. The van der Waals surface area contributed by atoms with E-state index in [9.17, 15) is 10.1 Å². The number of nitrogens with zero attached hydrogens (tertiary/aromatic N) is 6. The molecule has 4 aromatic heterocycles. The molecule has 4 heterocycles. The summed E-state index contributed by atoms with van der Waals surface area (Å²) < 4.78 is 9.35. The topological polar surface area (TPSA) is 100 Å². The maximum absolute atomic E-state index is 10.7. The van der Waals surface area contributed by atoms with Crippen LogP contribution in [0.3, 0.4) is 0 Å². The van der Waals surface area contributed by atoms with Gasteiger partial charge in [0, 0.05) is 25.5 Å². The third-order valence-electron chi connectivity index (χ3n) is 3.57.